The zero-order valence-electron chi connectivity index (χ0n) is 4.94. The van der Waals surface area contributed by atoms with E-state index < -0.39 is 0 Å². The van der Waals surface area contributed by atoms with Crippen molar-refractivity contribution in [3.05, 3.63) is 6.92 Å². The van der Waals surface area contributed by atoms with Crippen molar-refractivity contribution in [3.8, 4) is 0 Å². The van der Waals surface area contributed by atoms with Gasteiger partial charge in [0.2, 0.25) is 0 Å². The van der Waals surface area contributed by atoms with Crippen molar-refractivity contribution in [2.45, 2.75) is 12.8 Å². The molecule has 3 heteroatoms. The van der Waals surface area contributed by atoms with Crippen molar-refractivity contribution in [1.29, 1.82) is 0 Å². The van der Waals surface area contributed by atoms with Crippen molar-refractivity contribution in [2.75, 3.05) is 7.11 Å². The van der Waals surface area contributed by atoms with E-state index in [1.54, 1.807) is 0 Å². The Morgan fingerprint density at radius 1 is 1.88 bits per heavy atom. The molecule has 51 valence electrons. The predicted molar refractivity (Wildman–Crippen MR) is 38.7 cm³/mol. The first-order valence-corrected chi connectivity index (χ1v) is 2.17. The van der Waals surface area contributed by atoms with Crippen LogP contribution in [0.5, 0.6) is 0 Å². The van der Waals surface area contributed by atoms with Crippen LogP contribution in [0.25, 0.3) is 0 Å². The van der Waals surface area contributed by atoms with E-state index in [2.05, 4.69) is 11.7 Å². The van der Waals surface area contributed by atoms with Crippen molar-refractivity contribution >= 4 is 33.3 Å². The number of ether oxygens (including phenoxy) is 1. The smallest absolute Gasteiger partial charge is 0.305 e. The third-order valence-electron chi connectivity index (χ3n) is 0.609. The Morgan fingerprint density at radius 2 is 2.38 bits per heavy atom. The molecule has 0 spiro atoms. The van der Waals surface area contributed by atoms with Gasteiger partial charge < -0.3 is 4.74 Å². The van der Waals surface area contributed by atoms with Crippen molar-refractivity contribution < 1.29 is 13.8 Å². The van der Waals surface area contributed by atoms with E-state index in [1.807, 2.05) is 0 Å². The van der Waals surface area contributed by atoms with E-state index >= 15 is 0 Å². The van der Waals surface area contributed by atoms with Crippen LogP contribution in [0.1, 0.15) is 17.1 Å². The van der Waals surface area contributed by atoms with Crippen LogP contribution in [0.15, 0.2) is 0 Å². The number of methoxy groups -OCH3 is 1. The average molecular weight is 314 g/mol. The molecule has 0 saturated carbocycles. The van der Waals surface area contributed by atoms with Crippen LogP contribution in [0, 0.1) is 6.92 Å². The Bertz CT molecular complexity index is 72.7. The Labute approximate surface area is 74.2 Å². The van der Waals surface area contributed by atoms with Gasteiger partial charge in [0.25, 0.3) is 0 Å². The molecule has 5 radical (unpaired) electrons. The Kier molecular flexibility index (Phi) is 10.4. The van der Waals surface area contributed by atoms with Gasteiger partial charge in [0.05, 0.1) is 7.11 Å². The number of carbonyl (C=O) groups is 1. The average Bonchev–Trinajstić information content (AvgIpc) is 1.68. The largest absolute Gasteiger partial charge is 0.469 e. The summed E-state index contributed by atoms with van der Waals surface area (Å²) in [6, 6.07) is 0. The summed E-state index contributed by atoms with van der Waals surface area (Å²) in [6.07, 6.45) is 1.04. The standard InChI is InChI=1S/C5H9O2.Pb.3H2/c1-3-4-5(6)7-2;;;;/h1,3-4H2,2H3;;3*1H. The molecule has 0 saturated heterocycles. The summed E-state index contributed by atoms with van der Waals surface area (Å²) in [5.41, 5.74) is 0. The van der Waals surface area contributed by atoms with E-state index in [0.717, 1.165) is 0 Å². The normalized spacial score (nSPS) is 7.25. The minimum Gasteiger partial charge on any atom is -0.469 e. The Morgan fingerprint density at radius 3 is 2.50 bits per heavy atom. The molecule has 8 heavy (non-hydrogen) atoms. The van der Waals surface area contributed by atoms with Crippen LogP contribution in [-0.4, -0.2) is 40.4 Å². The first-order valence-electron chi connectivity index (χ1n) is 2.17. The molecule has 0 unspecified atom stereocenters. The first-order chi connectivity index (χ1) is 3.31. The summed E-state index contributed by atoms with van der Waals surface area (Å²) in [4.78, 5) is 10.1. The summed E-state index contributed by atoms with van der Waals surface area (Å²) in [7, 11) is 1.37. The van der Waals surface area contributed by atoms with Gasteiger partial charge in [-0.25, -0.2) is 0 Å². The summed E-state index contributed by atoms with van der Waals surface area (Å²) >= 11 is 0. The number of esters is 1. The molecule has 0 amide bonds. The second-order valence-corrected chi connectivity index (χ2v) is 1.18. The molecule has 0 aliphatic rings. The monoisotopic (exact) mass is 315 g/mol. The number of hydrogen-bond donors (Lipinski definition) is 0. The molecule has 0 aromatic carbocycles. The van der Waals surface area contributed by atoms with Crippen molar-refractivity contribution in [3.63, 3.8) is 0 Å². The molecule has 0 aromatic heterocycles. The second kappa shape index (κ2) is 7.39. The van der Waals surface area contributed by atoms with Gasteiger partial charge >= 0.3 is 5.97 Å². The first kappa shape index (κ1) is 11.2. The van der Waals surface area contributed by atoms with Crippen LogP contribution >= 0.6 is 0 Å². The molecular weight excluding hydrogens is 299 g/mol. The molecule has 0 heterocycles. The molecule has 0 fully saturated rings. The summed E-state index contributed by atoms with van der Waals surface area (Å²) in [5, 5.41) is 0. The minimum atomic E-state index is -0.185. The van der Waals surface area contributed by atoms with Crippen LogP contribution < -0.4 is 0 Å². The van der Waals surface area contributed by atoms with Gasteiger partial charge in [-0.05, 0) is 6.42 Å². The maximum atomic E-state index is 10.1. The van der Waals surface area contributed by atoms with Crippen LogP contribution in [0.3, 0.4) is 0 Å². The Hall–Kier alpha value is 0.392. The van der Waals surface area contributed by atoms with E-state index in [-0.39, 0.29) is 37.5 Å². The molecule has 0 bridgehead atoms. The molecule has 0 rings (SSSR count). The van der Waals surface area contributed by atoms with Crippen LogP contribution in [-0.2, 0) is 9.53 Å². The van der Waals surface area contributed by atoms with Gasteiger partial charge in [0, 0.05) is 38.0 Å². The fourth-order valence-electron chi connectivity index (χ4n) is 0.246. The molecule has 0 atom stereocenters. The van der Waals surface area contributed by atoms with Crippen molar-refractivity contribution in [2.24, 2.45) is 0 Å². The number of carbonyl (C=O) groups excluding carboxylic acids is 1. The van der Waals surface area contributed by atoms with E-state index in [4.69, 9.17) is 0 Å². The molecular formula is C5H15O2Pb. The van der Waals surface area contributed by atoms with Crippen LogP contribution in [0.4, 0.5) is 0 Å². The molecule has 2 nitrogen and oxygen atoms in total. The van der Waals surface area contributed by atoms with Crippen molar-refractivity contribution in [1.82, 2.24) is 0 Å². The maximum Gasteiger partial charge on any atom is 0.305 e. The SMILES string of the molecule is [CH2]CCC(=O)OC.[HH].[HH].[HH].[Pb]. The van der Waals surface area contributed by atoms with E-state index in [1.165, 1.54) is 7.11 Å². The number of hydrogen-bond acceptors (Lipinski definition) is 2. The van der Waals surface area contributed by atoms with Gasteiger partial charge in [-0.2, -0.15) is 0 Å². The predicted octanol–water partition coefficient (Wildman–Crippen LogP) is 1.13. The summed E-state index contributed by atoms with van der Waals surface area (Å²) < 4.78 is 4.31. The fourth-order valence-corrected chi connectivity index (χ4v) is 0.246. The molecule has 0 aliphatic carbocycles. The summed E-state index contributed by atoms with van der Waals surface area (Å²) in [5.74, 6) is -0.185. The third-order valence-corrected chi connectivity index (χ3v) is 0.609. The summed E-state index contributed by atoms with van der Waals surface area (Å²) in [6.45, 7) is 3.47. The third kappa shape index (κ3) is 6.39. The van der Waals surface area contributed by atoms with Crippen LogP contribution in [0.2, 0.25) is 0 Å². The quantitative estimate of drug-likeness (QED) is 0.564. The second-order valence-electron chi connectivity index (χ2n) is 1.18. The van der Waals surface area contributed by atoms with E-state index in [0.29, 0.717) is 12.8 Å². The van der Waals surface area contributed by atoms with E-state index in [9.17, 15) is 4.79 Å². The van der Waals surface area contributed by atoms with Gasteiger partial charge in [-0.15, -0.1) is 0 Å². The zero-order chi connectivity index (χ0) is 5.70. The Balaban J connectivity index is -0.0000000300. The molecule has 0 aliphatic heterocycles. The molecule has 0 aromatic rings. The van der Waals surface area contributed by atoms with Gasteiger partial charge in [0.15, 0.2) is 0 Å². The van der Waals surface area contributed by atoms with Gasteiger partial charge in [-0.1, -0.05) is 6.92 Å². The minimum absolute atomic E-state index is 0. The molecule has 0 N–H and O–H groups in total. The maximum absolute atomic E-state index is 10.1. The fraction of sp³-hybridized carbons (Fsp3) is 0.600. The van der Waals surface area contributed by atoms with Gasteiger partial charge in [-0.3, -0.25) is 4.79 Å². The van der Waals surface area contributed by atoms with Gasteiger partial charge in [0.1, 0.15) is 0 Å². The zero-order valence-corrected chi connectivity index (χ0v) is 8.83. The topological polar surface area (TPSA) is 26.3 Å². The number of rotatable bonds is 2.